The second-order valence-electron chi connectivity index (χ2n) is 25.3. The third kappa shape index (κ3) is 6.58. The van der Waals surface area contributed by atoms with Gasteiger partial charge in [-0.05, 0) is 195 Å². The molecule has 6 bridgehead atoms. The van der Waals surface area contributed by atoms with E-state index in [4.69, 9.17) is 4.42 Å². The minimum Gasteiger partial charge on any atom is -0.455 e. The molecule has 7 atom stereocenters. The molecule has 0 radical (unpaired) electrons. The van der Waals surface area contributed by atoms with Gasteiger partial charge in [0.1, 0.15) is 11.2 Å². The van der Waals surface area contributed by atoms with E-state index < -0.39 is 0 Å². The second kappa shape index (κ2) is 17.5. The van der Waals surface area contributed by atoms with Crippen LogP contribution < -0.4 is 4.90 Å². The maximum atomic E-state index is 7.47. The van der Waals surface area contributed by atoms with Crippen LogP contribution in [0.4, 0.5) is 17.1 Å². The van der Waals surface area contributed by atoms with E-state index >= 15 is 0 Å². The molecule has 11 aromatic carbocycles. The van der Waals surface area contributed by atoms with E-state index in [0.717, 1.165) is 47.5 Å². The molecule has 1 aromatic heterocycles. The zero-order valence-corrected chi connectivity index (χ0v) is 45.9. The van der Waals surface area contributed by atoms with Crippen molar-refractivity contribution in [3.8, 4) is 55.6 Å². The molecule has 0 amide bonds. The van der Waals surface area contributed by atoms with Crippen LogP contribution in [0.1, 0.15) is 83.7 Å². The van der Waals surface area contributed by atoms with Crippen molar-refractivity contribution in [3.63, 3.8) is 0 Å². The predicted molar refractivity (Wildman–Crippen MR) is 337 cm³/mol. The topological polar surface area (TPSA) is 16.4 Å². The minimum atomic E-state index is -0.136. The van der Waals surface area contributed by atoms with Crippen LogP contribution >= 0.6 is 0 Å². The largest absolute Gasteiger partial charge is 0.455 e. The Bertz CT molecular complexity index is 4430. The highest BCUT2D eigenvalue weighted by molar-refractivity contribution is 6.14. The Labute approximate surface area is 480 Å². The van der Waals surface area contributed by atoms with E-state index in [1.54, 1.807) is 22.3 Å². The molecule has 7 unspecified atom stereocenters. The first kappa shape index (κ1) is 46.7. The fourth-order valence-corrected chi connectivity index (χ4v) is 19.0. The molecule has 18 rings (SSSR count). The number of furan rings is 1. The maximum absolute atomic E-state index is 7.47. The Morgan fingerprint density at radius 1 is 0.317 bits per heavy atom. The van der Waals surface area contributed by atoms with Crippen molar-refractivity contribution in [3.05, 3.63) is 294 Å². The first-order valence-electron chi connectivity index (χ1n) is 30.1. The van der Waals surface area contributed by atoms with E-state index in [0.29, 0.717) is 23.7 Å². The van der Waals surface area contributed by atoms with Crippen molar-refractivity contribution in [1.29, 1.82) is 0 Å². The van der Waals surface area contributed by atoms with Gasteiger partial charge in [0.05, 0.1) is 0 Å². The molecule has 6 aliphatic rings. The summed E-state index contributed by atoms with van der Waals surface area (Å²) in [5.74, 6) is 1.66. The van der Waals surface area contributed by atoms with Crippen molar-refractivity contribution in [2.75, 3.05) is 4.90 Å². The smallest absolute Gasteiger partial charge is 0.143 e. The predicted octanol–water partition coefficient (Wildman–Crippen LogP) is 20.9. The lowest BCUT2D eigenvalue weighted by molar-refractivity contribution is -0.0902. The minimum absolute atomic E-state index is 0.0820. The van der Waals surface area contributed by atoms with Gasteiger partial charge in [0.2, 0.25) is 0 Å². The van der Waals surface area contributed by atoms with E-state index in [9.17, 15) is 0 Å². The Morgan fingerprint density at radius 3 is 1.40 bits per heavy atom. The molecular weight excluding hydrogens is 991 g/mol. The lowest BCUT2D eigenvalue weighted by Gasteiger charge is -2.71. The van der Waals surface area contributed by atoms with E-state index in [2.05, 4.69) is 266 Å². The molecule has 12 aromatic rings. The molecule has 3 spiro atoms. The lowest BCUT2D eigenvalue weighted by Crippen LogP contribution is -2.67. The third-order valence-corrected chi connectivity index (χ3v) is 21.4. The van der Waals surface area contributed by atoms with Crippen molar-refractivity contribution < 1.29 is 4.42 Å². The van der Waals surface area contributed by atoms with Crippen molar-refractivity contribution in [1.82, 2.24) is 0 Å². The van der Waals surface area contributed by atoms with Gasteiger partial charge in [-0.2, -0.15) is 0 Å². The van der Waals surface area contributed by atoms with Gasteiger partial charge in [-0.1, -0.05) is 218 Å². The molecule has 6 aliphatic carbocycles. The molecule has 0 N–H and O–H groups in total. The fourth-order valence-electron chi connectivity index (χ4n) is 19.0. The van der Waals surface area contributed by atoms with Crippen LogP contribution in [0.15, 0.2) is 265 Å². The molecule has 1 heterocycles. The number of rotatable bonds is 6. The van der Waals surface area contributed by atoms with Crippen LogP contribution in [0.5, 0.6) is 0 Å². The Morgan fingerprint density at radius 2 is 0.780 bits per heavy atom. The van der Waals surface area contributed by atoms with Gasteiger partial charge < -0.3 is 9.32 Å². The number of hydrogen-bond acceptors (Lipinski definition) is 2. The SMILES string of the molecule is c1ccc(-c2ccc(N(c3ccc(-c4ccccc4)cc3)c3ccc(-c4ccc5c6c4oc4cccc(c46)C4CC67CC(CC89CC(Cc%10ccccc%10-c%10ccccc%108)CC5(C4)C96)c4ccccc4-c4ccccc47)cc3)cc2)cc1. The first-order chi connectivity index (χ1) is 40.5. The maximum Gasteiger partial charge on any atom is 0.143 e. The standard InChI is InChI=1S/C80H61NO/c1-3-16-52(17-4-1)54-30-36-60(37-31-54)81(61-38-32-55(33-39-61)53-18-5-2-6-19-53)62-40-34-56(35-41-62)66-42-43-72-75-74-65(26-15-29-73(74)82-76(66)75)59-49-79(72)46-51-44-57-20-7-8-21-63(57)68-24-11-13-27-70(68)78(45-51)47-58-48-80(50-59,77(78)79)71-28-14-12-25-69(71)67-23-10-9-22-64(58)67/h1-43,51,58-59,77H,44-50H2. The average Bonchev–Trinajstić information content (AvgIpc) is 1.27. The first-order valence-corrected chi connectivity index (χ1v) is 30.1. The average molecular weight is 1050 g/mol. The van der Waals surface area contributed by atoms with Crippen LogP contribution in [0.3, 0.4) is 0 Å². The van der Waals surface area contributed by atoms with E-state index in [1.807, 2.05) is 0 Å². The summed E-state index contributed by atoms with van der Waals surface area (Å²) in [6.07, 6.45) is 8.13. The monoisotopic (exact) mass is 1050 g/mol. The summed E-state index contributed by atoms with van der Waals surface area (Å²) in [7, 11) is 0. The van der Waals surface area contributed by atoms with Gasteiger partial charge in [0, 0.05) is 49.6 Å². The number of hydrogen-bond donors (Lipinski definition) is 0. The van der Waals surface area contributed by atoms with Gasteiger partial charge in [-0.3, -0.25) is 0 Å². The molecule has 0 saturated heterocycles. The van der Waals surface area contributed by atoms with E-state index in [1.165, 1.54) is 103 Å². The molecule has 3 saturated carbocycles. The Balaban J connectivity index is 0.836. The van der Waals surface area contributed by atoms with Gasteiger partial charge in [0.15, 0.2) is 0 Å². The highest BCUT2D eigenvalue weighted by atomic mass is 16.3. The van der Waals surface area contributed by atoms with Gasteiger partial charge in [-0.15, -0.1) is 0 Å². The van der Waals surface area contributed by atoms with Gasteiger partial charge in [0.25, 0.3) is 0 Å². The molecule has 0 aliphatic heterocycles. The number of fused-ring (bicyclic) bond motifs is 11. The second-order valence-corrected chi connectivity index (χ2v) is 25.3. The van der Waals surface area contributed by atoms with Crippen molar-refractivity contribution in [2.24, 2.45) is 11.8 Å². The summed E-state index contributed by atoms with van der Waals surface area (Å²) in [5, 5.41) is 2.73. The third-order valence-electron chi connectivity index (χ3n) is 21.4. The van der Waals surface area contributed by atoms with Crippen LogP contribution in [0.25, 0.3) is 77.6 Å². The molecule has 82 heavy (non-hydrogen) atoms. The molecule has 2 nitrogen and oxygen atoms in total. The molecule has 2 heteroatoms. The van der Waals surface area contributed by atoms with Crippen LogP contribution in [-0.2, 0) is 22.7 Å². The molecule has 3 fully saturated rings. The highest BCUT2D eigenvalue weighted by Crippen LogP contribution is 2.78. The van der Waals surface area contributed by atoms with Gasteiger partial charge >= 0.3 is 0 Å². The zero-order chi connectivity index (χ0) is 53.7. The Kier molecular flexibility index (Phi) is 9.98. The fraction of sp³-hybridized carbons (Fsp3) is 0.175. The summed E-state index contributed by atoms with van der Waals surface area (Å²) in [6, 6.07) is 99.6. The van der Waals surface area contributed by atoms with Crippen LogP contribution in [0, 0.1) is 11.8 Å². The van der Waals surface area contributed by atoms with E-state index in [-0.39, 0.29) is 16.2 Å². The molecular formula is C80H61NO. The highest BCUT2D eigenvalue weighted by Gasteiger charge is 2.72. The molecule has 392 valence electrons. The summed E-state index contributed by atoms with van der Waals surface area (Å²) in [4.78, 5) is 2.40. The van der Waals surface area contributed by atoms with Crippen LogP contribution in [-0.4, -0.2) is 0 Å². The van der Waals surface area contributed by atoms with Crippen molar-refractivity contribution >= 4 is 39.0 Å². The summed E-state index contributed by atoms with van der Waals surface area (Å²) in [5.41, 5.74) is 27.4. The quantitative estimate of drug-likeness (QED) is 0.165. The van der Waals surface area contributed by atoms with Crippen molar-refractivity contribution in [2.45, 2.75) is 73.0 Å². The zero-order valence-electron chi connectivity index (χ0n) is 45.9. The summed E-state index contributed by atoms with van der Waals surface area (Å²) >= 11 is 0. The Hall–Kier alpha value is -8.98. The number of benzene rings is 11. The number of anilines is 3. The van der Waals surface area contributed by atoms with Crippen LogP contribution in [0.2, 0.25) is 0 Å². The normalized spacial score (nSPS) is 23.9. The lowest BCUT2D eigenvalue weighted by atomic mass is 9.32. The number of nitrogens with zero attached hydrogens (tertiary/aromatic N) is 1. The summed E-state index contributed by atoms with van der Waals surface area (Å²) in [6.45, 7) is 0. The summed E-state index contributed by atoms with van der Waals surface area (Å²) < 4.78 is 7.47. The van der Waals surface area contributed by atoms with Gasteiger partial charge in [-0.25, -0.2) is 0 Å².